The molecular weight excluding hydrogens is 282 g/mol. The van der Waals surface area contributed by atoms with Gasteiger partial charge in [-0.1, -0.05) is 24.3 Å². The number of anilines is 1. The Kier molecular flexibility index (Phi) is 6.06. The number of carbonyl (C=O) groups excluding carboxylic acids is 2. The number of nitrogens with two attached hydrogens (primary N) is 1. The number of carbonyl (C=O) groups is 2. The Balaban J connectivity index is 2.59. The fourth-order valence-electron chi connectivity index (χ4n) is 1.43. The second-order valence-corrected chi connectivity index (χ2v) is 4.54. The molecule has 6 heteroatoms. The smallest absolute Gasteiger partial charge is 0.340 e. The van der Waals surface area contributed by atoms with Gasteiger partial charge >= 0.3 is 11.9 Å². The van der Waals surface area contributed by atoms with Crippen molar-refractivity contribution >= 4 is 29.2 Å². The van der Waals surface area contributed by atoms with E-state index in [1.165, 1.54) is 18.2 Å². The molecule has 0 aliphatic carbocycles. The highest BCUT2D eigenvalue weighted by Crippen LogP contribution is 2.20. The predicted molar refractivity (Wildman–Crippen MR) is 76.5 cm³/mol. The van der Waals surface area contributed by atoms with Crippen molar-refractivity contribution in [3.63, 3.8) is 0 Å². The SMILES string of the molecule is C=CCOC(=O)CC(C)OC(=O)c1cc(N)ccc1Cl. The molecule has 0 saturated carbocycles. The summed E-state index contributed by atoms with van der Waals surface area (Å²) in [5.74, 6) is -1.10. The van der Waals surface area contributed by atoms with Crippen LogP contribution >= 0.6 is 11.6 Å². The highest BCUT2D eigenvalue weighted by Gasteiger charge is 2.18. The Labute approximate surface area is 122 Å². The van der Waals surface area contributed by atoms with E-state index in [9.17, 15) is 9.59 Å². The minimum absolute atomic E-state index is 0.0421. The van der Waals surface area contributed by atoms with Crippen LogP contribution in [0.4, 0.5) is 5.69 Å². The molecule has 0 radical (unpaired) electrons. The van der Waals surface area contributed by atoms with Gasteiger partial charge in [-0.15, -0.1) is 0 Å². The van der Waals surface area contributed by atoms with Crippen molar-refractivity contribution in [1.82, 2.24) is 0 Å². The molecule has 1 aromatic carbocycles. The van der Waals surface area contributed by atoms with E-state index in [2.05, 4.69) is 6.58 Å². The van der Waals surface area contributed by atoms with E-state index in [4.69, 9.17) is 26.8 Å². The number of ether oxygens (including phenoxy) is 2. The molecule has 0 saturated heterocycles. The standard InChI is InChI=1S/C14H16ClNO4/c1-3-6-19-13(17)7-9(2)20-14(18)11-8-10(16)4-5-12(11)15/h3-5,8-9H,1,6-7,16H2,2H3. The van der Waals surface area contributed by atoms with E-state index >= 15 is 0 Å². The largest absolute Gasteiger partial charge is 0.461 e. The van der Waals surface area contributed by atoms with Crippen molar-refractivity contribution in [1.29, 1.82) is 0 Å². The number of esters is 2. The van der Waals surface area contributed by atoms with Crippen LogP contribution in [0.5, 0.6) is 0 Å². The third-order valence-electron chi connectivity index (χ3n) is 2.33. The van der Waals surface area contributed by atoms with Crippen molar-refractivity contribution in [2.75, 3.05) is 12.3 Å². The monoisotopic (exact) mass is 297 g/mol. The van der Waals surface area contributed by atoms with Gasteiger partial charge in [0.05, 0.1) is 17.0 Å². The fourth-order valence-corrected chi connectivity index (χ4v) is 1.63. The van der Waals surface area contributed by atoms with Gasteiger partial charge in [0.25, 0.3) is 0 Å². The summed E-state index contributed by atoms with van der Waals surface area (Å²) in [6.45, 7) is 5.14. The summed E-state index contributed by atoms with van der Waals surface area (Å²) in [7, 11) is 0. The molecule has 0 spiro atoms. The van der Waals surface area contributed by atoms with Crippen molar-refractivity contribution in [3.05, 3.63) is 41.4 Å². The quantitative estimate of drug-likeness (QED) is 0.496. The maximum atomic E-state index is 11.9. The van der Waals surface area contributed by atoms with Gasteiger partial charge in [0, 0.05) is 5.69 Å². The number of benzene rings is 1. The summed E-state index contributed by atoms with van der Waals surface area (Å²) in [5, 5.41) is 0.241. The lowest BCUT2D eigenvalue weighted by Crippen LogP contribution is -2.20. The number of nitrogen functional groups attached to an aromatic ring is 1. The van der Waals surface area contributed by atoms with Crippen LogP contribution in [0.25, 0.3) is 0 Å². The average molecular weight is 298 g/mol. The maximum Gasteiger partial charge on any atom is 0.340 e. The average Bonchev–Trinajstić information content (AvgIpc) is 2.38. The van der Waals surface area contributed by atoms with Crippen LogP contribution in [0, 0.1) is 0 Å². The zero-order valence-electron chi connectivity index (χ0n) is 11.1. The third-order valence-corrected chi connectivity index (χ3v) is 2.66. The van der Waals surface area contributed by atoms with Gasteiger partial charge in [0.1, 0.15) is 12.7 Å². The first-order chi connectivity index (χ1) is 9.43. The van der Waals surface area contributed by atoms with Crippen molar-refractivity contribution < 1.29 is 19.1 Å². The molecule has 2 N–H and O–H groups in total. The summed E-state index contributed by atoms with van der Waals surface area (Å²) in [4.78, 5) is 23.2. The number of hydrogen-bond donors (Lipinski definition) is 1. The Morgan fingerprint density at radius 3 is 2.85 bits per heavy atom. The van der Waals surface area contributed by atoms with Crippen LogP contribution in [0.3, 0.4) is 0 Å². The molecule has 0 aromatic heterocycles. The summed E-state index contributed by atoms with van der Waals surface area (Å²) in [6, 6.07) is 4.51. The van der Waals surface area contributed by atoms with Gasteiger partial charge in [-0.3, -0.25) is 4.79 Å². The van der Waals surface area contributed by atoms with E-state index in [1.807, 2.05) is 0 Å². The topological polar surface area (TPSA) is 78.6 Å². The first kappa shape index (κ1) is 16.0. The third kappa shape index (κ3) is 4.93. The van der Waals surface area contributed by atoms with Crippen LogP contribution in [0.1, 0.15) is 23.7 Å². The van der Waals surface area contributed by atoms with Crippen LogP contribution in [0.2, 0.25) is 5.02 Å². The second-order valence-electron chi connectivity index (χ2n) is 4.13. The van der Waals surface area contributed by atoms with Crippen LogP contribution in [0.15, 0.2) is 30.9 Å². The predicted octanol–water partition coefficient (Wildman–Crippen LogP) is 2.59. The van der Waals surface area contributed by atoms with Crippen LogP contribution in [-0.4, -0.2) is 24.6 Å². The Morgan fingerprint density at radius 2 is 2.20 bits per heavy atom. The first-order valence-electron chi connectivity index (χ1n) is 5.96. The molecule has 0 aliphatic heterocycles. The zero-order chi connectivity index (χ0) is 15.1. The molecule has 5 nitrogen and oxygen atoms in total. The van der Waals surface area contributed by atoms with E-state index in [0.29, 0.717) is 5.69 Å². The van der Waals surface area contributed by atoms with Gasteiger partial charge < -0.3 is 15.2 Å². The molecule has 1 atom stereocenters. The molecule has 1 unspecified atom stereocenters. The van der Waals surface area contributed by atoms with Crippen molar-refractivity contribution in [3.8, 4) is 0 Å². The molecule has 0 aliphatic rings. The van der Waals surface area contributed by atoms with Gasteiger partial charge in [-0.2, -0.15) is 0 Å². The molecule has 0 amide bonds. The Morgan fingerprint density at radius 1 is 1.50 bits per heavy atom. The van der Waals surface area contributed by atoms with E-state index in [-0.39, 0.29) is 23.6 Å². The molecule has 0 heterocycles. The Bertz CT molecular complexity index is 516. The molecular formula is C14H16ClNO4. The summed E-state index contributed by atoms with van der Waals surface area (Å²) in [5.41, 5.74) is 6.15. The maximum absolute atomic E-state index is 11.9. The lowest BCUT2D eigenvalue weighted by atomic mass is 10.2. The van der Waals surface area contributed by atoms with Gasteiger partial charge in [0.15, 0.2) is 0 Å². The van der Waals surface area contributed by atoms with Crippen LogP contribution in [-0.2, 0) is 14.3 Å². The summed E-state index contributed by atoms with van der Waals surface area (Å²) < 4.78 is 9.91. The second kappa shape index (κ2) is 7.55. The molecule has 1 rings (SSSR count). The van der Waals surface area contributed by atoms with Gasteiger partial charge in [0.2, 0.25) is 0 Å². The number of rotatable bonds is 6. The van der Waals surface area contributed by atoms with Crippen LogP contribution < -0.4 is 5.73 Å². The fraction of sp³-hybridized carbons (Fsp3) is 0.286. The lowest BCUT2D eigenvalue weighted by Gasteiger charge is -2.13. The minimum atomic E-state index is -0.633. The molecule has 108 valence electrons. The highest BCUT2D eigenvalue weighted by molar-refractivity contribution is 6.33. The summed E-state index contributed by atoms with van der Waals surface area (Å²) in [6.07, 6.45) is 0.790. The zero-order valence-corrected chi connectivity index (χ0v) is 11.9. The first-order valence-corrected chi connectivity index (χ1v) is 6.34. The van der Waals surface area contributed by atoms with Crippen molar-refractivity contribution in [2.24, 2.45) is 0 Å². The minimum Gasteiger partial charge on any atom is -0.461 e. The molecule has 0 bridgehead atoms. The molecule has 1 aromatic rings. The van der Waals surface area contributed by atoms with Gasteiger partial charge in [-0.25, -0.2) is 4.79 Å². The summed E-state index contributed by atoms with van der Waals surface area (Å²) >= 11 is 5.89. The molecule has 0 fully saturated rings. The van der Waals surface area contributed by atoms with E-state index in [0.717, 1.165) is 0 Å². The van der Waals surface area contributed by atoms with Crippen molar-refractivity contribution in [2.45, 2.75) is 19.4 Å². The van der Waals surface area contributed by atoms with E-state index < -0.39 is 18.0 Å². The normalized spacial score (nSPS) is 11.5. The lowest BCUT2D eigenvalue weighted by molar-refractivity contribution is -0.144. The number of halogens is 1. The highest BCUT2D eigenvalue weighted by atomic mass is 35.5. The molecule has 20 heavy (non-hydrogen) atoms. The van der Waals surface area contributed by atoms with E-state index in [1.54, 1.807) is 13.0 Å². The number of hydrogen-bond acceptors (Lipinski definition) is 5. The Hall–Kier alpha value is -2.01. The van der Waals surface area contributed by atoms with Gasteiger partial charge in [-0.05, 0) is 25.1 Å².